The van der Waals surface area contributed by atoms with Crippen LogP contribution in [0.1, 0.15) is 37.1 Å². The van der Waals surface area contributed by atoms with Crippen LogP contribution in [0.4, 0.5) is 5.69 Å². The van der Waals surface area contributed by atoms with Gasteiger partial charge in [0.25, 0.3) is 5.69 Å². The first kappa shape index (κ1) is 17.0. The summed E-state index contributed by atoms with van der Waals surface area (Å²) in [6, 6.07) is 5.08. The Hall–Kier alpha value is -2.39. The third-order valence-electron chi connectivity index (χ3n) is 4.76. The lowest BCUT2D eigenvalue weighted by Gasteiger charge is -2.17. The van der Waals surface area contributed by atoms with Crippen LogP contribution in [0, 0.1) is 17.0 Å². The minimum atomic E-state index is -0.364. The maximum Gasteiger partial charge on any atom is 0.272 e. The van der Waals surface area contributed by atoms with Gasteiger partial charge in [-0.1, -0.05) is 24.2 Å². The third kappa shape index (κ3) is 3.32. The van der Waals surface area contributed by atoms with Crippen molar-refractivity contribution in [3.05, 3.63) is 39.7 Å². The van der Waals surface area contributed by atoms with E-state index < -0.39 is 0 Å². The normalized spacial score (nSPS) is 16.0. The molecule has 26 heavy (non-hydrogen) atoms. The number of aryl methyl sites for hydroxylation is 1. The van der Waals surface area contributed by atoms with Gasteiger partial charge in [0.1, 0.15) is 5.01 Å². The summed E-state index contributed by atoms with van der Waals surface area (Å²) < 4.78 is 1.81. The molecule has 8 nitrogen and oxygen atoms in total. The van der Waals surface area contributed by atoms with Gasteiger partial charge < -0.3 is 0 Å². The second-order valence-electron chi connectivity index (χ2n) is 6.67. The maximum absolute atomic E-state index is 11.0. The molecule has 2 aromatic heterocycles. The molecule has 1 aliphatic heterocycles. The van der Waals surface area contributed by atoms with Gasteiger partial charge in [-0.15, -0.1) is 10.2 Å². The number of fused-ring (bicyclic) bond motifs is 1. The Kier molecular flexibility index (Phi) is 4.64. The predicted molar refractivity (Wildman–Crippen MR) is 99.2 cm³/mol. The fourth-order valence-corrected chi connectivity index (χ4v) is 4.21. The number of likely N-dealkylation sites (tertiary alicyclic amines) is 1. The molecule has 1 aromatic carbocycles. The molecule has 0 atom stereocenters. The van der Waals surface area contributed by atoms with Crippen molar-refractivity contribution in [3.8, 4) is 10.6 Å². The first-order valence-corrected chi connectivity index (χ1v) is 9.62. The van der Waals surface area contributed by atoms with Crippen molar-refractivity contribution in [1.29, 1.82) is 0 Å². The van der Waals surface area contributed by atoms with Crippen LogP contribution >= 0.6 is 11.3 Å². The molecule has 0 spiro atoms. The fraction of sp³-hybridized carbons (Fsp3) is 0.471. The first-order chi connectivity index (χ1) is 12.6. The van der Waals surface area contributed by atoms with E-state index in [1.165, 1.54) is 43.1 Å². The standard InChI is InChI=1S/C17H20N6O2S/c1-12-10-13(6-7-14(12)23(24)25)16-20-22-15(18-19-17(22)26-16)11-21-8-4-2-3-5-9-21/h6-7,10H,2-5,8-9,11H2,1H3. The van der Waals surface area contributed by atoms with Gasteiger partial charge in [-0.2, -0.15) is 9.61 Å². The monoisotopic (exact) mass is 372 g/mol. The van der Waals surface area contributed by atoms with E-state index in [9.17, 15) is 10.1 Å². The zero-order valence-corrected chi connectivity index (χ0v) is 15.4. The lowest BCUT2D eigenvalue weighted by Crippen LogP contribution is -2.25. The predicted octanol–water partition coefficient (Wildman–Crippen LogP) is 3.45. The summed E-state index contributed by atoms with van der Waals surface area (Å²) in [5.41, 5.74) is 1.62. The van der Waals surface area contributed by atoms with Crippen LogP contribution in [0.25, 0.3) is 15.5 Å². The smallest absolute Gasteiger partial charge is 0.272 e. The summed E-state index contributed by atoms with van der Waals surface area (Å²) in [4.78, 5) is 13.8. The van der Waals surface area contributed by atoms with E-state index in [0.717, 1.165) is 41.0 Å². The van der Waals surface area contributed by atoms with E-state index in [4.69, 9.17) is 0 Å². The minimum absolute atomic E-state index is 0.124. The van der Waals surface area contributed by atoms with Gasteiger partial charge in [0.15, 0.2) is 5.82 Å². The number of benzene rings is 1. The van der Waals surface area contributed by atoms with Crippen molar-refractivity contribution in [2.45, 2.75) is 39.2 Å². The van der Waals surface area contributed by atoms with E-state index in [0.29, 0.717) is 5.56 Å². The molecule has 0 unspecified atom stereocenters. The van der Waals surface area contributed by atoms with E-state index >= 15 is 0 Å². The highest BCUT2D eigenvalue weighted by Crippen LogP contribution is 2.29. The molecular formula is C17H20N6O2S. The fourth-order valence-electron chi connectivity index (χ4n) is 3.36. The van der Waals surface area contributed by atoms with Crippen LogP contribution in [-0.4, -0.2) is 42.7 Å². The van der Waals surface area contributed by atoms with Gasteiger partial charge in [-0.25, -0.2) is 0 Å². The Morgan fingerprint density at radius 2 is 1.96 bits per heavy atom. The van der Waals surface area contributed by atoms with Crippen molar-refractivity contribution in [3.63, 3.8) is 0 Å². The highest BCUT2D eigenvalue weighted by Gasteiger charge is 2.18. The van der Waals surface area contributed by atoms with Gasteiger partial charge in [-0.3, -0.25) is 15.0 Å². The molecule has 0 amide bonds. The Labute approximate surface area is 154 Å². The molecule has 0 aliphatic carbocycles. The summed E-state index contributed by atoms with van der Waals surface area (Å²) in [7, 11) is 0. The first-order valence-electron chi connectivity index (χ1n) is 8.81. The van der Waals surface area contributed by atoms with Crippen molar-refractivity contribution < 1.29 is 4.92 Å². The quantitative estimate of drug-likeness (QED) is 0.515. The lowest BCUT2D eigenvalue weighted by atomic mass is 10.1. The average molecular weight is 372 g/mol. The number of hydrogen-bond donors (Lipinski definition) is 0. The zero-order valence-electron chi connectivity index (χ0n) is 14.6. The number of aromatic nitrogens is 4. The van der Waals surface area contributed by atoms with Crippen LogP contribution in [0.3, 0.4) is 0 Å². The second-order valence-corrected chi connectivity index (χ2v) is 7.62. The molecular weight excluding hydrogens is 352 g/mol. The molecule has 1 saturated heterocycles. The molecule has 3 heterocycles. The maximum atomic E-state index is 11.0. The van der Waals surface area contributed by atoms with Gasteiger partial charge >= 0.3 is 0 Å². The van der Waals surface area contributed by atoms with Crippen molar-refractivity contribution in [2.75, 3.05) is 13.1 Å². The zero-order chi connectivity index (χ0) is 18.1. The summed E-state index contributed by atoms with van der Waals surface area (Å²) in [5, 5.41) is 25.0. The molecule has 0 N–H and O–H groups in total. The van der Waals surface area contributed by atoms with Crippen LogP contribution < -0.4 is 0 Å². The van der Waals surface area contributed by atoms with Crippen molar-refractivity contribution in [1.82, 2.24) is 24.7 Å². The van der Waals surface area contributed by atoms with Crippen LogP contribution in [0.15, 0.2) is 18.2 Å². The van der Waals surface area contributed by atoms with E-state index in [1.807, 2.05) is 4.52 Å². The van der Waals surface area contributed by atoms with E-state index in [1.54, 1.807) is 19.1 Å². The Morgan fingerprint density at radius 1 is 1.19 bits per heavy atom. The Balaban J connectivity index is 1.61. The molecule has 3 aromatic rings. The van der Waals surface area contributed by atoms with Crippen LogP contribution in [0.2, 0.25) is 0 Å². The largest absolute Gasteiger partial charge is 0.296 e. The molecule has 136 valence electrons. The molecule has 0 radical (unpaired) electrons. The average Bonchev–Trinajstić information content (AvgIpc) is 3.08. The number of hydrogen-bond acceptors (Lipinski definition) is 7. The van der Waals surface area contributed by atoms with E-state index in [-0.39, 0.29) is 10.6 Å². The molecule has 4 rings (SSSR count). The topological polar surface area (TPSA) is 89.5 Å². The lowest BCUT2D eigenvalue weighted by molar-refractivity contribution is -0.385. The number of nitro groups is 1. The molecule has 1 aliphatic rings. The van der Waals surface area contributed by atoms with E-state index in [2.05, 4.69) is 20.2 Å². The molecule has 1 fully saturated rings. The summed E-state index contributed by atoms with van der Waals surface area (Å²) in [5.74, 6) is 0.850. The Bertz CT molecular complexity index is 942. The highest BCUT2D eigenvalue weighted by atomic mass is 32.1. The van der Waals surface area contributed by atoms with Gasteiger partial charge in [0.2, 0.25) is 4.96 Å². The van der Waals surface area contributed by atoms with Crippen LogP contribution in [-0.2, 0) is 6.54 Å². The second kappa shape index (κ2) is 7.08. The van der Waals surface area contributed by atoms with Gasteiger partial charge in [0.05, 0.1) is 11.5 Å². The van der Waals surface area contributed by atoms with Gasteiger partial charge in [-0.05, 0) is 45.0 Å². The molecule has 0 bridgehead atoms. The van der Waals surface area contributed by atoms with Crippen LogP contribution in [0.5, 0.6) is 0 Å². The Morgan fingerprint density at radius 3 is 2.65 bits per heavy atom. The SMILES string of the molecule is Cc1cc(-c2nn3c(CN4CCCCCC4)nnc3s2)ccc1[N+](=O)[O-]. The highest BCUT2D eigenvalue weighted by molar-refractivity contribution is 7.19. The number of rotatable bonds is 4. The van der Waals surface area contributed by atoms with Crippen molar-refractivity contribution >= 4 is 22.0 Å². The number of nitro benzene ring substituents is 1. The molecule has 9 heteroatoms. The minimum Gasteiger partial charge on any atom is -0.296 e. The number of nitrogens with zero attached hydrogens (tertiary/aromatic N) is 6. The van der Waals surface area contributed by atoms with Crippen molar-refractivity contribution in [2.24, 2.45) is 0 Å². The van der Waals surface area contributed by atoms with Gasteiger partial charge in [0, 0.05) is 17.2 Å². The summed E-state index contributed by atoms with van der Waals surface area (Å²) >= 11 is 1.45. The third-order valence-corrected chi connectivity index (χ3v) is 5.71. The summed E-state index contributed by atoms with van der Waals surface area (Å²) in [6.45, 7) is 4.68. The summed E-state index contributed by atoms with van der Waals surface area (Å²) in [6.07, 6.45) is 5.05. The molecule has 0 saturated carbocycles.